The molecule has 0 aliphatic carbocycles. The predicted molar refractivity (Wildman–Crippen MR) is 105 cm³/mol. The lowest BCUT2D eigenvalue weighted by Crippen LogP contribution is -2.18. The highest BCUT2D eigenvalue weighted by molar-refractivity contribution is 5.79. The molecule has 1 aliphatic rings. The highest BCUT2D eigenvalue weighted by Crippen LogP contribution is 2.39. The van der Waals surface area contributed by atoms with Crippen LogP contribution in [-0.2, 0) is 11.8 Å². The van der Waals surface area contributed by atoms with Gasteiger partial charge in [0.05, 0.1) is 12.8 Å². The maximum atomic E-state index is 11.5. The molecule has 9 heteroatoms. The van der Waals surface area contributed by atoms with Crippen LogP contribution in [0.3, 0.4) is 0 Å². The quantitative estimate of drug-likeness (QED) is 0.517. The summed E-state index contributed by atoms with van der Waals surface area (Å²) >= 11 is 0. The van der Waals surface area contributed by atoms with E-state index in [1.165, 1.54) is 10.7 Å². The summed E-state index contributed by atoms with van der Waals surface area (Å²) in [4.78, 5) is 20.3. The van der Waals surface area contributed by atoms with Crippen molar-refractivity contribution < 1.29 is 13.9 Å². The van der Waals surface area contributed by atoms with Gasteiger partial charge in [-0.3, -0.25) is 9.78 Å². The molecular formula is C20H17N5O4. The molecule has 0 spiro atoms. The number of aryl methyl sites for hydroxylation is 1. The fourth-order valence-electron chi connectivity index (χ4n) is 3.07. The lowest BCUT2D eigenvalue weighted by molar-refractivity contribution is 0.380. The first-order valence-electron chi connectivity index (χ1n) is 8.98. The van der Waals surface area contributed by atoms with E-state index in [9.17, 15) is 4.79 Å². The van der Waals surface area contributed by atoms with Crippen LogP contribution in [0.2, 0.25) is 0 Å². The van der Waals surface area contributed by atoms with Gasteiger partial charge < -0.3 is 19.2 Å². The fraction of sp³-hybridized carbons (Fsp3) is 0.200. The summed E-state index contributed by atoms with van der Waals surface area (Å²) in [5, 5.41) is 7.49. The largest absolute Gasteiger partial charge is 0.497 e. The number of anilines is 1. The molecule has 4 heterocycles. The van der Waals surface area contributed by atoms with Crippen LogP contribution in [0.25, 0.3) is 22.7 Å². The van der Waals surface area contributed by atoms with Crippen molar-refractivity contribution in [2.45, 2.75) is 12.3 Å². The summed E-state index contributed by atoms with van der Waals surface area (Å²) in [5.74, 6) is 1.10. The Morgan fingerprint density at radius 3 is 2.90 bits per heavy atom. The maximum Gasteiger partial charge on any atom is 0.266 e. The summed E-state index contributed by atoms with van der Waals surface area (Å²) in [6.07, 6.45) is 1.38. The number of nitrogens with one attached hydrogen (secondary N) is 1. The molecule has 1 N–H and O–H groups in total. The second-order valence-corrected chi connectivity index (χ2v) is 6.62. The summed E-state index contributed by atoms with van der Waals surface area (Å²) in [6, 6.07) is 12.3. The molecule has 2 atom stereocenters. The summed E-state index contributed by atoms with van der Waals surface area (Å²) in [6.45, 7) is 0. The van der Waals surface area contributed by atoms with Crippen LogP contribution in [0.1, 0.15) is 11.8 Å². The molecule has 5 rings (SSSR count). The van der Waals surface area contributed by atoms with E-state index in [4.69, 9.17) is 13.9 Å². The second-order valence-electron chi connectivity index (χ2n) is 6.62. The molecule has 29 heavy (non-hydrogen) atoms. The Hall–Kier alpha value is -3.72. The van der Waals surface area contributed by atoms with Crippen LogP contribution in [0.4, 0.5) is 5.69 Å². The van der Waals surface area contributed by atoms with E-state index in [1.807, 2.05) is 24.3 Å². The molecule has 1 aliphatic heterocycles. The van der Waals surface area contributed by atoms with E-state index in [1.54, 1.807) is 32.5 Å². The van der Waals surface area contributed by atoms with Crippen LogP contribution in [0.15, 0.2) is 57.9 Å². The minimum absolute atomic E-state index is 0.136. The Labute approximate surface area is 164 Å². The number of hydrogen-bond donors (Lipinski definition) is 1. The average Bonchev–Trinajstić information content (AvgIpc) is 3.37. The van der Waals surface area contributed by atoms with Crippen LogP contribution in [0.5, 0.6) is 5.75 Å². The van der Waals surface area contributed by atoms with Crippen molar-refractivity contribution in [2.24, 2.45) is 7.05 Å². The predicted octanol–water partition coefficient (Wildman–Crippen LogP) is 2.50. The molecule has 0 amide bonds. The Kier molecular flexibility index (Phi) is 4.02. The number of methoxy groups -OCH3 is 1. The molecular weight excluding hydrogens is 374 g/mol. The van der Waals surface area contributed by atoms with Crippen LogP contribution >= 0.6 is 0 Å². The zero-order valence-corrected chi connectivity index (χ0v) is 15.7. The van der Waals surface area contributed by atoms with Gasteiger partial charge in [0.15, 0.2) is 11.8 Å². The van der Waals surface area contributed by atoms with Gasteiger partial charge in [0.2, 0.25) is 5.89 Å². The molecule has 0 bridgehead atoms. The normalized spacial score (nSPS) is 18.0. The van der Waals surface area contributed by atoms with Crippen LogP contribution in [-0.4, -0.2) is 33.1 Å². The standard InChI is InChI=1S/C20H17N5O4/c1-25-17(26)6-4-13(24-25)19-23-14-9-11(3-5-16(14)28-19)22-20-18(29-20)15-10-12(27-2)7-8-21-15/h3-10,18,20,22H,1-2H3. The first-order chi connectivity index (χ1) is 14.1. The zero-order valence-electron chi connectivity index (χ0n) is 15.7. The molecule has 1 saturated heterocycles. The van der Waals surface area contributed by atoms with Gasteiger partial charge in [0.1, 0.15) is 23.1 Å². The van der Waals surface area contributed by atoms with Gasteiger partial charge in [-0.25, -0.2) is 9.67 Å². The molecule has 0 radical (unpaired) electrons. The van der Waals surface area contributed by atoms with E-state index < -0.39 is 0 Å². The topological polar surface area (TPSA) is 108 Å². The van der Waals surface area contributed by atoms with E-state index in [2.05, 4.69) is 20.4 Å². The maximum absolute atomic E-state index is 11.5. The van der Waals surface area contributed by atoms with Crippen molar-refractivity contribution in [1.82, 2.24) is 19.7 Å². The van der Waals surface area contributed by atoms with E-state index >= 15 is 0 Å². The number of hydrogen-bond acceptors (Lipinski definition) is 8. The van der Waals surface area contributed by atoms with Gasteiger partial charge >= 0.3 is 0 Å². The number of fused-ring (bicyclic) bond motifs is 1. The number of benzene rings is 1. The van der Waals surface area contributed by atoms with E-state index in [0.29, 0.717) is 22.7 Å². The molecule has 3 aromatic heterocycles. The van der Waals surface area contributed by atoms with Gasteiger partial charge in [0.25, 0.3) is 5.56 Å². The number of oxazole rings is 1. The lowest BCUT2D eigenvalue weighted by atomic mass is 10.2. The Balaban J connectivity index is 1.35. The van der Waals surface area contributed by atoms with Crippen molar-refractivity contribution in [3.05, 3.63) is 64.7 Å². The first kappa shape index (κ1) is 17.4. The Bertz CT molecular complexity index is 1270. The van der Waals surface area contributed by atoms with Crippen molar-refractivity contribution in [1.29, 1.82) is 0 Å². The highest BCUT2D eigenvalue weighted by Gasteiger charge is 2.41. The molecule has 2 unspecified atom stereocenters. The second kappa shape index (κ2) is 6.71. The van der Waals surface area contributed by atoms with Gasteiger partial charge in [-0.2, -0.15) is 5.10 Å². The lowest BCUT2D eigenvalue weighted by Gasteiger charge is -2.03. The van der Waals surface area contributed by atoms with Crippen molar-refractivity contribution in [3.8, 4) is 17.3 Å². The zero-order chi connectivity index (χ0) is 20.0. The number of ether oxygens (including phenoxy) is 2. The number of nitrogens with zero attached hydrogens (tertiary/aromatic N) is 4. The highest BCUT2D eigenvalue weighted by atomic mass is 16.6. The van der Waals surface area contributed by atoms with Crippen LogP contribution in [0, 0.1) is 0 Å². The van der Waals surface area contributed by atoms with E-state index in [0.717, 1.165) is 17.1 Å². The molecule has 1 aromatic carbocycles. The van der Waals surface area contributed by atoms with Crippen molar-refractivity contribution >= 4 is 16.8 Å². The smallest absolute Gasteiger partial charge is 0.266 e. The Morgan fingerprint density at radius 1 is 1.17 bits per heavy atom. The molecule has 1 fully saturated rings. The number of epoxide rings is 1. The summed E-state index contributed by atoms with van der Waals surface area (Å²) in [7, 11) is 3.20. The SMILES string of the molecule is COc1ccnc(C2OC2Nc2ccc3oc(-c4ccc(=O)n(C)n4)nc3c2)c1. The Morgan fingerprint density at radius 2 is 2.07 bits per heavy atom. The van der Waals surface area contributed by atoms with Gasteiger partial charge in [-0.1, -0.05) is 0 Å². The van der Waals surface area contributed by atoms with Crippen molar-refractivity contribution in [2.75, 3.05) is 12.4 Å². The minimum atomic E-state index is -0.194. The number of pyridine rings is 1. The van der Waals surface area contributed by atoms with Crippen molar-refractivity contribution in [3.63, 3.8) is 0 Å². The fourth-order valence-corrected chi connectivity index (χ4v) is 3.07. The van der Waals surface area contributed by atoms with Gasteiger partial charge in [0, 0.05) is 31.1 Å². The first-order valence-corrected chi connectivity index (χ1v) is 8.98. The molecule has 4 aromatic rings. The van der Waals surface area contributed by atoms with Gasteiger partial charge in [-0.15, -0.1) is 0 Å². The monoisotopic (exact) mass is 391 g/mol. The third-order valence-corrected chi connectivity index (χ3v) is 4.65. The average molecular weight is 391 g/mol. The van der Waals surface area contributed by atoms with E-state index in [-0.39, 0.29) is 17.9 Å². The summed E-state index contributed by atoms with van der Waals surface area (Å²) < 4.78 is 17.9. The van der Waals surface area contributed by atoms with Crippen LogP contribution < -0.4 is 15.6 Å². The molecule has 9 nitrogen and oxygen atoms in total. The molecule has 0 saturated carbocycles. The number of aromatic nitrogens is 4. The van der Waals surface area contributed by atoms with Gasteiger partial charge in [-0.05, 0) is 30.3 Å². The minimum Gasteiger partial charge on any atom is -0.497 e. The molecule has 146 valence electrons. The number of rotatable bonds is 5. The third kappa shape index (κ3) is 3.32. The third-order valence-electron chi connectivity index (χ3n) is 4.65. The summed E-state index contributed by atoms with van der Waals surface area (Å²) in [5.41, 5.74) is 3.27.